The topological polar surface area (TPSA) is 62.3 Å². The first-order valence-corrected chi connectivity index (χ1v) is 5.99. The average Bonchev–Trinajstić information content (AvgIpc) is 2.34. The summed E-state index contributed by atoms with van der Waals surface area (Å²) in [6, 6.07) is 3.00. The summed E-state index contributed by atoms with van der Waals surface area (Å²) in [5.74, 6) is -0.428. The van der Waals surface area contributed by atoms with Crippen LogP contribution in [0.4, 0.5) is 0 Å². The van der Waals surface area contributed by atoms with Gasteiger partial charge in [-0.3, -0.25) is 9.59 Å². The van der Waals surface area contributed by atoms with Gasteiger partial charge in [0, 0.05) is 27.1 Å². The molecule has 0 aliphatic heterocycles. The molecule has 1 heterocycles. The zero-order chi connectivity index (χ0) is 13.7. The van der Waals surface area contributed by atoms with Gasteiger partial charge in [0.1, 0.15) is 10.3 Å². The second kappa shape index (κ2) is 6.56. The third-order valence-electron chi connectivity index (χ3n) is 2.34. The highest BCUT2D eigenvalue weighted by molar-refractivity contribution is 6.34. The van der Waals surface area contributed by atoms with E-state index in [1.807, 2.05) is 0 Å². The van der Waals surface area contributed by atoms with E-state index in [2.05, 4.69) is 10.3 Å². The summed E-state index contributed by atoms with van der Waals surface area (Å²) in [4.78, 5) is 28.3. The van der Waals surface area contributed by atoms with Crippen molar-refractivity contribution in [2.75, 3.05) is 20.6 Å². The van der Waals surface area contributed by atoms with Crippen LogP contribution >= 0.6 is 23.2 Å². The van der Waals surface area contributed by atoms with E-state index in [0.29, 0.717) is 6.54 Å². The van der Waals surface area contributed by atoms with Gasteiger partial charge in [0.15, 0.2) is 0 Å². The Morgan fingerprint density at radius 1 is 1.39 bits per heavy atom. The van der Waals surface area contributed by atoms with Gasteiger partial charge in [-0.1, -0.05) is 23.2 Å². The lowest BCUT2D eigenvalue weighted by Gasteiger charge is -2.17. The number of aromatic nitrogens is 1. The van der Waals surface area contributed by atoms with Crippen LogP contribution in [0, 0.1) is 0 Å². The lowest BCUT2D eigenvalue weighted by Crippen LogP contribution is -2.31. The zero-order valence-electron chi connectivity index (χ0n) is 10.0. The minimum atomic E-state index is -0.298. The van der Waals surface area contributed by atoms with Crippen LogP contribution in [0.25, 0.3) is 0 Å². The fourth-order valence-electron chi connectivity index (χ4n) is 1.27. The van der Waals surface area contributed by atoms with Crippen LogP contribution in [0.2, 0.25) is 10.3 Å². The molecule has 0 aliphatic rings. The molecule has 0 aromatic carbocycles. The summed E-state index contributed by atoms with van der Waals surface area (Å²) in [5, 5.41) is 2.77. The maximum Gasteiger partial charge on any atom is 0.256 e. The van der Waals surface area contributed by atoms with Crippen molar-refractivity contribution in [1.82, 2.24) is 15.2 Å². The zero-order valence-corrected chi connectivity index (χ0v) is 11.5. The Hall–Kier alpha value is -1.33. The van der Waals surface area contributed by atoms with Crippen LogP contribution in [-0.2, 0) is 4.79 Å². The van der Waals surface area contributed by atoms with E-state index in [1.54, 1.807) is 14.1 Å². The highest BCUT2D eigenvalue weighted by Crippen LogP contribution is 2.18. The van der Waals surface area contributed by atoms with E-state index in [0.717, 1.165) is 0 Å². The SMILES string of the molecule is CNC(=O)CCN(C)C(=O)c1ccc(Cl)nc1Cl. The molecule has 7 heteroatoms. The molecule has 18 heavy (non-hydrogen) atoms. The standard InChI is InChI=1S/C11H13Cl2N3O2/c1-14-9(17)5-6-16(2)11(18)7-3-4-8(12)15-10(7)13/h3-4H,5-6H2,1-2H3,(H,14,17). The Balaban J connectivity index is 2.71. The van der Waals surface area contributed by atoms with Gasteiger partial charge in [0.2, 0.25) is 5.91 Å². The number of rotatable bonds is 4. The third-order valence-corrected chi connectivity index (χ3v) is 2.84. The van der Waals surface area contributed by atoms with Crippen LogP contribution < -0.4 is 5.32 Å². The Morgan fingerprint density at radius 3 is 2.61 bits per heavy atom. The highest BCUT2D eigenvalue weighted by atomic mass is 35.5. The monoisotopic (exact) mass is 289 g/mol. The van der Waals surface area contributed by atoms with Gasteiger partial charge in [-0.2, -0.15) is 0 Å². The van der Waals surface area contributed by atoms with Gasteiger partial charge in [0.05, 0.1) is 5.56 Å². The molecule has 1 N–H and O–H groups in total. The van der Waals surface area contributed by atoms with Crippen molar-refractivity contribution in [3.8, 4) is 0 Å². The van der Waals surface area contributed by atoms with E-state index in [9.17, 15) is 9.59 Å². The number of hydrogen-bond donors (Lipinski definition) is 1. The van der Waals surface area contributed by atoms with Crippen molar-refractivity contribution in [3.63, 3.8) is 0 Å². The quantitative estimate of drug-likeness (QED) is 0.857. The first kappa shape index (κ1) is 14.7. The minimum absolute atomic E-state index is 0.0549. The lowest BCUT2D eigenvalue weighted by molar-refractivity contribution is -0.120. The molecular formula is C11H13Cl2N3O2. The molecule has 1 aromatic heterocycles. The first-order valence-electron chi connectivity index (χ1n) is 5.23. The molecule has 0 unspecified atom stereocenters. The molecule has 98 valence electrons. The molecule has 1 aromatic rings. The van der Waals surface area contributed by atoms with Crippen molar-refractivity contribution >= 4 is 35.0 Å². The number of carbonyl (C=O) groups excluding carboxylic acids is 2. The smallest absolute Gasteiger partial charge is 0.256 e. The van der Waals surface area contributed by atoms with E-state index in [-0.39, 0.29) is 34.1 Å². The molecule has 0 radical (unpaired) electrons. The Labute approximate surface area is 115 Å². The van der Waals surface area contributed by atoms with Crippen molar-refractivity contribution in [2.45, 2.75) is 6.42 Å². The van der Waals surface area contributed by atoms with Gasteiger partial charge in [-0.15, -0.1) is 0 Å². The van der Waals surface area contributed by atoms with Crippen LogP contribution in [-0.4, -0.2) is 42.3 Å². The van der Waals surface area contributed by atoms with Crippen molar-refractivity contribution in [3.05, 3.63) is 28.0 Å². The molecule has 0 saturated carbocycles. The van der Waals surface area contributed by atoms with Gasteiger partial charge in [0.25, 0.3) is 5.91 Å². The summed E-state index contributed by atoms with van der Waals surface area (Å²) in [6.07, 6.45) is 0.234. The number of nitrogens with one attached hydrogen (secondary N) is 1. The second-order valence-corrected chi connectivity index (χ2v) is 4.37. The molecule has 1 rings (SSSR count). The fourth-order valence-corrected chi connectivity index (χ4v) is 1.70. The molecule has 0 atom stereocenters. The number of hydrogen-bond acceptors (Lipinski definition) is 3. The van der Waals surface area contributed by atoms with Gasteiger partial charge < -0.3 is 10.2 Å². The number of nitrogens with zero attached hydrogens (tertiary/aromatic N) is 2. The van der Waals surface area contributed by atoms with E-state index in [1.165, 1.54) is 17.0 Å². The van der Waals surface area contributed by atoms with Gasteiger partial charge >= 0.3 is 0 Å². The first-order chi connectivity index (χ1) is 8.45. The number of amides is 2. The van der Waals surface area contributed by atoms with Gasteiger partial charge in [-0.25, -0.2) is 4.98 Å². The predicted octanol–water partition coefficient (Wildman–Crippen LogP) is 1.60. The summed E-state index contributed by atoms with van der Waals surface area (Å²) in [7, 11) is 3.14. The summed E-state index contributed by atoms with van der Waals surface area (Å²) in [5.41, 5.74) is 0.264. The number of carbonyl (C=O) groups is 2. The van der Waals surface area contributed by atoms with Crippen LogP contribution in [0.15, 0.2) is 12.1 Å². The number of pyridine rings is 1. The highest BCUT2D eigenvalue weighted by Gasteiger charge is 2.16. The molecule has 0 spiro atoms. The van der Waals surface area contributed by atoms with E-state index >= 15 is 0 Å². The molecule has 0 bridgehead atoms. The molecule has 2 amide bonds. The fraction of sp³-hybridized carbons (Fsp3) is 0.364. The summed E-state index contributed by atoms with van der Waals surface area (Å²) >= 11 is 11.5. The van der Waals surface area contributed by atoms with Crippen molar-refractivity contribution in [1.29, 1.82) is 0 Å². The predicted molar refractivity (Wildman–Crippen MR) is 69.9 cm³/mol. The summed E-state index contributed by atoms with van der Waals surface area (Å²) < 4.78 is 0. The van der Waals surface area contributed by atoms with E-state index in [4.69, 9.17) is 23.2 Å². The Kier molecular flexibility index (Phi) is 5.37. The number of halogens is 2. The molecule has 0 aliphatic carbocycles. The Morgan fingerprint density at radius 2 is 2.06 bits per heavy atom. The maximum atomic E-state index is 12.0. The van der Waals surface area contributed by atoms with Crippen molar-refractivity contribution < 1.29 is 9.59 Å². The minimum Gasteiger partial charge on any atom is -0.359 e. The van der Waals surface area contributed by atoms with Crippen LogP contribution in [0.3, 0.4) is 0 Å². The van der Waals surface area contributed by atoms with Crippen molar-refractivity contribution in [2.24, 2.45) is 0 Å². The molecule has 0 fully saturated rings. The van der Waals surface area contributed by atoms with E-state index < -0.39 is 0 Å². The molecular weight excluding hydrogens is 277 g/mol. The normalized spacial score (nSPS) is 10.0. The molecule has 5 nitrogen and oxygen atoms in total. The summed E-state index contributed by atoms with van der Waals surface area (Å²) in [6.45, 7) is 0.303. The largest absolute Gasteiger partial charge is 0.359 e. The van der Waals surface area contributed by atoms with Crippen LogP contribution in [0.5, 0.6) is 0 Å². The van der Waals surface area contributed by atoms with Gasteiger partial charge in [-0.05, 0) is 12.1 Å². The maximum absolute atomic E-state index is 12.0. The Bertz CT molecular complexity index is 466. The molecule has 0 saturated heterocycles. The third kappa shape index (κ3) is 3.85. The van der Waals surface area contributed by atoms with Crippen LogP contribution in [0.1, 0.15) is 16.8 Å². The average molecular weight is 290 g/mol. The lowest BCUT2D eigenvalue weighted by atomic mass is 10.2. The second-order valence-electron chi connectivity index (χ2n) is 3.62.